The highest BCUT2D eigenvalue weighted by Gasteiger charge is 2.19. The molecule has 0 saturated carbocycles. The van der Waals surface area contributed by atoms with E-state index in [1.165, 1.54) is 0 Å². The van der Waals surface area contributed by atoms with Crippen molar-refractivity contribution in [2.45, 2.75) is 27.2 Å². The van der Waals surface area contributed by atoms with Gasteiger partial charge in [-0.3, -0.25) is 4.79 Å². The third-order valence-electron chi connectivity index (χ3n) is 5.18. The average molecular weight is 458 g/mol. The molecule has 1 fully saturated rings. The van der Waals surface area contributed by atoms with Crippen molar-refractivity contribution in [1.29, 1.82) is 0 Å². The predicted octanol–water partition coefficient (Wildman–Crippen LogP) is 3.93. The number of piperazine rings is 1. The second-order valence-electron chi connectivity index (χ2n) is 7.29. The monoisotopic (exact) mass is 457 g/mol. The molecular formula is C21H24ClN7OS. The Morgan fingerprint density at radius 1 is 1.16 bits per heavy atom. The Morgan fingerprint density at radius 2 is 1.94 bits per heavy atom. The number of pyridine rings is 1. The number of hydrogen-bond donors (Lipinski definition) is 1. The van der Waals surface area contributed by atoms with Gasteiger partial charge in [0.1, 0.15) is 11.5 Å². The van der Waals surface area contributed by atoms with Crippen LogP contribution in [0.4, 0.5) is 17.5 Å². The van der Waals surface area contributed by atoms with E-state index in [0.29, 0.717) is 22.5 Å². The maximum atomic E-state index is 11.5. The number of anilines is 3. The third kappa shape index (κ3) is 4.77. The standard InChI is InChI=1S/C21H24ClN7OS/c1-4-18-25-13(2)20(31-18)19-16(22)12-24-21(27-19)26-17-6-5-15(11-23-17)29-9-7-28(8-10-29)14(3)30/h5-6,11-12H,4,7-10H2,1-3H3,(H,23,24,26,27). The van der Waals surface area contributed by atoms with Crippen LogP contribution in [-0.4, -0.2) is 56.9 Å². The predicted molar refractivity (Wildman–Crippen MR) is 124 cm³/mol. The van der Waals surface area contributed by atoms with Crippen molar-refractivity contribution in [2.24, 2.45) is 0 Å². The summed E-state index contributed by atoms with van der Waals surface area (Å²) in [5, 5.41) is 4.70. The molecule has 8 nitrogen and oxygen atoms in total. The Morgan fingerprint density at radius 3 is 2.55 bits per heavy atom. The van der Waals surface area contributed by atoms with Crippen molar-refractivity contribution in [1.82, 2.24) is 24.8 Å². The van der Waals surface area contributed by atoms with Crippen molar-refractivity contribution in [3.8, 4) is 10.6 Å². The molecule has 0 aliphatic carbocycles. The molecule has 0 aromatic carbocycles. The molecule has 0 unspecified atom stereocenters. The lowest BCUT2D eigenvalue weighted by Crippen LogP contribution is -2.48. The van der Waals surface area contributed by atoms with E-state index in [9.17, 15) is 4.79 Å². The molecule has 3 aromatic rings. The first-order valence-electron chi connectivity index (χ1n) is 10.2. The summed E-state index contributed by atoms with van der Waals surface area (Å²) in [5.74, 6) is 1.20. The van der Waals surface area contributed by atoms with Gasteiger partial charge in [-0.05, 0) is 25.5 Å². The lowest BCUT2D eigenvalue weighted by molar-refractivity contribution is -0.129. The van der Waals surface area contributed by atoms with Crippen molar-refractivity contribution >= 4 is 46.3 Å². The number of thiazole rings is 1. The number of hydrogen-bond acceptors (Lipinski definition) is 8. The van der Waals surface area contributed by atoms with Crippen LogP contribution < -0.4 is 10.2 Å². The summed E-state index contributed by atoms with van der Waals surface area (Å²) < 4.78 is 0. The molecule has 1 N–H and O–H groups in total. The van der Waals surface area contributed by atoms with E-state index in [1.54, 1.807) is 24.5 Å². The largest absolute Gasteiger partial charge is 0.367 e. The lowest BCUT2D eigenvalue weighted by Gasteiger charge is -2.35. The Bertz CT molecular complexity index is 1080. The van der Waals surface area contributed by atoms with E-state index in [2.05, 4.69) is 37.1 Å². The van der Waals surface area contributed by atoms with Crippen LogP contribution in [0.15, 0.2) is 24.5 Å². The summed E-state index contributed by atoms with van der Waals surface area (Å²) in [4.78, 5) is 34.5. The fourth-order valence-corrected chi connectivity index (χ4v) is 4.70. The number of halogens is 1. The van der Waals surface area contributed by atoms with Crippen LogP contribution >= 0.6 is 22.9 Å². The Balaban J connectivity index is 1.47. The zero-order valence-corrected chi connectivity index (χ0v) is 19.3. The van der Waals surface area contributed by atoms with Crippen LogP contribution in [0.2, 0.25) is 5.02 Å². The van der Waals surface area contributed by atoms with E-state index in [1.807, 2.05) is 30.2 Å². The maximum absolute atomic E-state index is 11.5. The number of amides is 1. The summed E-state index contributed by atoms with van der Waals surface area (Å²) in [5.41, 5.74) is 2.62. The van der Waals surface area contributed by atoms with Gasteiger partial charge in [0.15, 0.2) is 0 Å². The quantitative estimate of drug-likeness (QED) is 0.621. The minimum atomic E-state index is 0.124. The van der Waals surface area contributed by atoms with Crippen LogP contribution in [0.5, 0.6) is 0 Å². The van der Waals surface area contributed by atoms with Crippen molar-refractivity contribution in [2.75, 3.05) is 36.4 Å². The second-order valence-corrected chi connectivity index (χ2v) is 8.78. The van der Waals surface area contributed by atoms with Gasteiger partial charge in [-0.2, -0.15) is 0 Å². The van der Waals surface area contributed by atoms with E-state index >= 15 is 0 Å². The molecule has 31 heavy (non-hydrogen) atoms. The third-order valence-corrected chi connectivity index (χ3v) is 6.77. The SMILES string of the molecule is CCc1nc(C)c(-c2nc(Nc3ccc(N4CCN(C(C)=O)CC4)cn3)ncc2Cl)s1. The average Bonchev–Trinajstić information content (AvgIpc) is 3.16. The number of aromatic nitrogens is 4. The first-order chi connectivity index (χ1) is 14.9. The summed E-state index contributed by atoms with van der Waals surface area (Å²) in [6.45, 7) is 8.71. The summed E-state index contributed by atoms with van der Waals surface area (Å²) in [7, 11) is 0. The number of aryl methyl sites for hydroxylation is 2. The van der Waals surface area contributed by atoms with Crippen LogP contribution in [0.25, 0.3) is 10.6 Å². The van der Waals surface area contributed by atoms with Crippen LogP contribution in [-0.2, 0) is 11.2 Å². The minimum absolute atomic E-state index is 0.124. The molecular weight excluding hydrogens is 434 g/mol. The number of nitrogens with one attached hydrogen (secondary N) is 1. The van der Waals surface area contributed by atoms with Crippen molar-refractivity contribution in [3.63, 3.8) is 0 Å². The summed E-state index contributed by atoms with van der Waals surface area (Å²) >= 11 is 7.98. The van der Waals surface area contributed by atoms with Crippen molar-refractivity contribution < 1.29 is 4.79 Å². The molecule has 162 valence electrons. The Hall–Kier alpha value is -2.78. The molecule has 1 amide bonds. The van der Waals surface area contributed by atoms with Gasteiger partial charge in [0.25, 0.3) is 0 Å². The fraction of sp³-hybridized carbons (Fsp3) is 0.381. The highest BCUT2D eigenvalue weighted by molar-refractivity contribution is 7.15. The Labute approximate surface area is 190 Å². The van der Waals surface area contributed by atoms with E-state index in [4.69, 9.17) is 11.6 Å². The smallest absolute Gasteiger partial charge is 0.229 e. The molecule has 0 radical (unpaired) electrons. The number of carbonyl (C=O) groups is 1. The van der Waals surface area contributed by atoms with Gasteiger partial charge in [-0.1, -0.05) is 18.5 Å². The summed E-state index contributed by atoms with van der Waals surface area (Å²) in [6, 6.07) is 3.91. The lowest BCUT2D eigenvalue weighted by atomic mass is 10.2. The first kappa shape index (κ1) is 21.5. The number of rotatable bonds is 5. The van der Waals surface area contributed by atoms with E-state index < -0.39 is 0 Å². The molecule has 4 heterocycles. The first-order valence-corrected chi connectivity index (χ1v) is 11.4. The fourth-order valence-electron chi connectivity index (χ4n) is 3.45. The van der Waals surface area contributed by atoms with Gasteiger partial charge in [0.05, 0.1) is 38.7 Å². The molecule has 4 rings (SSSR count). The van der Waals surface area contributed by atoms with Gasteiger partial charge in [0, 0.05) is 33.1 Å². The number of nitrogens with zero attached hydrogens (tertiary/aromatic N) is 6. The van der Waals surface area contributed by atoms with Gasteiger partial charge < -0.3 is 15.1 Å². The zero-order valence-electron chi connectivity index (χ0n) is 17.7. The molecule has 0 spiro atoms. The zero-order chi connectivity index (χ0) is 22.0. The minimum Gasteiger partial charge on any atom is -0.367 e. The molecule has 1 aliphatic rings. The highest BCUT2D eigenvalue weighted by atomic mass is 35.5. The highest BCUT2D eigenvalue weighted by Crippen LogP contribution is 2.34. The normalized spacial score (nSPS) is 14.1. The van der Waals surface area contributed by atoms with Crippen LogP contribution in [0.3, 0.4) is 0 Å². The second kappa shape index (κ2) is 9.15. The Kier molecular flexibility index (Phi) is 6.33. The molecule has 3 aromatic heterocycles. The van der Waals surface area contributed by atoms with E-state index in [0.717, 1.165) is 53.9 Å². The molecule has 0 atom stereocenters. The number of carbonyl (C=O) groups excluding carboxylic acids is 1. The van der Waals surface area contributed by atoms with Crippen molar-refractivity contribution in [3.05, 3.63) is 40.3 Å². The van der Waals surface area contributed by atoms with Gasteiger partial charge in [-0.25, -0.2) is 19.9 Å². The molecule has 0 bridgehead atoms. The van der Waals surface area contributed by atoms with Crippen LogP contribution in [0, 0.1) is 6.92 Å². The maximum Gasteiger partial charge on any atom is 0.229 e. The topological polar surface area (TPSA) is 87.1 Å². The van der Waals surface area contributed by atoms with Gasteiger partial charge >= 0.3 is 0 Å². The van der Waals surface area contributed by atoms with Crippen LogP contribution in [0.1, 0.15) is 24.5 Å². The van der Waals surface area contributed by atoms with Gasteiger partial charge in [-0.15, -0.1) is 11.3 Å². The molecule has 1 saturated heterocycles. The van der Waals surface area contributed by atoms with Gasteiger partial charge in [0.2, 0.25) is 11.9 Å². The summed E-state index contributed by atoms with van der Waals surface area (Å²) in [6.07, 6.45) is 4.29. The molecule has 1 aliphatic heterocycles. The molecule has 10 heteroatoms. The van der Waals surface area contributed by atoms with E-state index in [-0.39, 0.29) is 5.91 Å².